The number of amides is 1. The highest BCUT2D eigenvalue weighted by atomic mass is 16.1. The highest BCUT2D eigenvalue weighted by Crippen LogP contribution is 1.90. The van der Waals surface area contributed by atoms with Gasteiger partial charge in [0.2, 0.25) is 5.91 Å². The Morgan fingerprint density at radius 3 is 2.73 bits per heavy atom. The Morgan fingerprint density at radius 1 is 1.64 bits per heavy atom. The van der Waals surface area contributed by atoms with Gasteiger partial charge in [0, 0.05) is 12.1 Å². The Kier molecular flexibility index (Phi) is 5.17. The van der Waals surface area contributed by atoms with Crippen LogP contribution in [0.15, 0.2) is 24.3 Å². The van der Waals surface area contributed by atoms with E-state index in [0.29, 0.717) is 6.54 Å². The Labute approximate surface area is 68.0 Å². The second-order valence-electron chi connectivity index (χ2n) is 2.30. The number of rotatable bonds is 4. The quantitative estimate of drug-likeness (QED) is 0.371. The van der Waals surface area contributed by atoms with Crippen LogP contribution in [0.5, 0.6) is 0 Å². The second kappa shape index (κ2) is 5.71. The average molecular weight is 153 g/mol. The van der Waals surface area contributed by atoms with Gasteiger partial charge in [-0.05, 0) is 20.3 Å². The molecule has 0 heterocycles. The van der Waals surface area contributed by atoms with Gasteiger partial charge in [-0.3, -0.25) is 4.79 Å². The van der Waals surface area contributed by atoms with Crippen molar-refractivity contribution in [2.24, 2.45) is 0 Å². The third-order valence-electron chi connectivity index (χ3n) is 1.43. The molecule has 0 aromatic carbocycles. The second-order valence-corrected chi connectivity index (χ2v) is 2.30. The number of hydrogen-bond donors (Lipinski definition) is 1. The van der Waals surface area contributed by atoms with E-state index in [-0.39, 0.29) is 5.91 Å². The summed E-state index contributed by atoms with van der Waals surface area (Å²) in [5, 5.41) is 2.76. The van der Waals surface area contributed by atoms with E-state index in [9.17, 15) is 4.79 Å². The summed E-state index contributed by atoms with van der Waals surface area (Å²) in [6, 6.07) is 0. The molecule has 1 N–H and O–H groups in total. The zero-order chi connectivity index (χ0) is 8.69. The molecule has 2 heteroatoms. The molecular formula is C9H15NO. The van der Waals surface area contributed by atoms with Crippen molar-refractivity contribution in [3.63, 3.8) is 0 Å². The van der Waals surface area contributed by atoms with Crippen LogP contribution in [-0.4, -0.2) is 12.5 Å². The Hall–Kier alpha value is -1.05. The van der Waals surface area contributed by atoms with Crippen molar-refractivity contribution in [1.82, 2.24) is 5.32 Å². The van der Waals surface area contributed by atoms with Crippen molar-refractivity contribution in [2.75, 3.05) is 6.54 Å². The summed E-state index contributed by atoms with van der Waals surface area (Å²) >= 11 is 0. The zero-order valence-electron chi connectivity index (χ0n) is 7.18. The lowest BCUT2D eigenvalue weighted by molar-refractivity contribution is -0.117. The molecule has 0 aliphatic heterocycles. The fourth-order valence-electron chi connectivity index (χ4n) is 0.558. The molecular weight excluding hydrogens is 138 g/mol. The molecule has 0 aromatic heterocycles. The lowest BCUT2D eigenvalue weighted by Crippen LogP contribution is -2.24. The normalized spacial score (nSPS) is 10.9. The average Bonchev–Trinajstić information content (AvgIpc) is 2.03. The number of allylic oxidation sites excluding steroid dienone is 1. The number of hydrogen-bond acceptors (Lipinski definition) is 1. The molecule has 62 valence electrons. The van der Waals surface area contributed by atoms with E-state index in [4.69, 9.17) is 0 Å². The van der Waals surface area contributed by atoms with Crippen LogP contribution in [-0.2, 0) is 4.79 Å². The van der Waals surface area contributed by atoms with Gasteiger partial charge >= 0.3 is 0 Å². The molecule has 0 aliphatic carbocycles. The topological polar surface area (TPSA) is 29.1 Å². The van der Waals surface area contributed by atoms with Gasteiger partial charge in [-0.15, -0.1) is 6.58 Å². The molecule has 0 atom stereocenters. The van der Waals surface area contributed by atoms with Crippen LogP contribution in [0.3, 0.4) is 0 Å². The van der Waals surface area contributed by atoms with Crippen molar-refractivity contribution >= 4 is 5.91 Å². The number of nitrogens with one attached hydrogen (secondary N) is 1. The van der Waals surface area contributed by atoms with E-state index < -0.39 is 0 Å². The van der Waals surface area contributed by atoms with Gasteiger partial charge in [-0.25, -0.2) is 0 Å². The summed E-state index contributed by atoms with van der Waals surface area (Å²) in [6.07, 6.45) is 4.40. The van der Waals surface area contributed by atoms with Crippen molar-refractivity contribution in [2.45, 2.75) is 20.3 Å². The van der Waals surface area contributed by atoms with E-state index >= 15 is 0 Å². The van der Waals surface area contributed by atoms with Crippen molar-refractivity contribution in [3.05, 3.63) is 24.3 Å². The summed E-state index contributed by atoms with van der Waals surface area (Å²) in [6.45, 7) is 7.88. The predicted molar refractivity (Wildman–Crippen MR) is 47.3 cm³/mol. The fourth-order valence-corrected chi connectivity index (χ4v) is 0.558. The molecule has 0 saturated heterocycles. The van der Waals surface area contributed by atoms with E-state index in [1.54, 1.807) is 19.1 Å². The maximum Gasteiger partial charge on any atom is 0.246 e. The monoisotopic (exact) mass is 153 g/mol. The van der Waals surface area contributed by atoms with Crippen molar-refractivity contribution in [1.29, 1.82) is 0 Å². The van der Waals surface area contributed by atoms with Gasteiger partial charge in [0.1, 0.15) is 0 Å². The first kappa shape index (κ1) is 9.95. The smallest absolute Gasteiger partial charge is 0.246 e. The van der Waals surface area contributed by atoms with Gasteiger partial charge in [0.25, 0.3) is 0 Å². The minimum atomic E-state index is 0.00866. The van der Waals surface area contributed by atoms with Crippen molar-refractivity contribution in [3.8, 4) is 0 Å². The van der Waals surface area contributed by atoms with Crippen LogP contribution in [0.4, 0.5) is 0 Å². The molecule has 0 saturated carbocycles. The van der Waals surface area contributed by atoms with E-state index in [0.717, 1.165) is 12.0 Å². The van der Waals surface area contributed by atoms with Crippen LogP contribution >= 0.6 is 0 Å². The summed E-state index contributed by atoms with van der Waals surface area (Å²) in [7, 11) is 0. The molecule has 0 spiro atoms. The summed E-state index contributed by atoms with van der Waals surface area (Å²) in [5.41, 5.74) is 0.758. The molecule has 0 bridgehead atoms. The minimum absolute atomic E-state index is 0.00866. The van der Waals surface area contributed by atoms with Gasteiger partial charge in [-0.1, -0.05) is 12.2 Å². The summed E-state index contributed by atoms with van der Waals surface area (Å²) in [5.74, 6) is 0.00866. The largest absolute Gasteiger partial charge is 0.352 e. The molecule has 0 unspecified atom stereocenters. The summed E-state index contributed by atoms with van der Waals surface area (Å²) < 4.78 is 0. The van der Waals surface area contributed by atoms with Crippen molar-refractivity contribution < 1.29 is 4.79 Å². The summed E-state index contributed by atoms with van der Waals surface area (Å²) in [4.78, 5) is 11.0. The van der Waals surface area contributed by atoms with Crippen LogP contribution < -0.4 is 5.32 Å². The SMILES string of the molecule is C=CCCNC(=O)/C(C)=C/C. The van der Waals surface area contributed by atoms with Gasteiger partial charge in [-0.2, -0.15) is 0 Å². The predicted octanol–water partition coefficient (Wildman–Crippen LogP) is 1.64. The molecule has 0 rings (SSSR count). The lowest BCUT2D eigenvalue weighted by atomic mass is 10.2. The third kappa shape index (κ3) is 4.37. The molecule has 0 aromatic rings. The highest BCUT2D eigenvalue weighted by Gasteiger charge is 1.99. The van der Waals surface area contributed by atoms with Crippen LogP contribution in [0, 0.1) is 0 Å². The Bertz CT molecular complexity index is 170. The maximum absolute atomic E-state index is 11.0. The zero-order valence-corrected chi connectivity index (χ0v) is 7.18. The molecule has 2 nitrogen and oxygen atoms in total. The maximum atomic E-state index is 11.0. The molecule has 0 radical (unpaired) electrons. The lowest BCUT2D eigenvalue weighted by Gasteiger charge is -2.01. The number of carbonyl (C=O) groups excluding carboxylic acids is 1. The van der Waals surface area contributed by atoms with E-state index in [1.165, 1.54) is 0 Å². The van der Waals surface area contributed by atoms with Gasteiger partial charge < -0.3 is 5.32 Å². The first-order valence-corrected chi connectivity index (χ1v) is 3.74. The van der Waals surface area contributed by atoms with Crippen LogP contribution in [0.25, 0.3) is 0 Å². The number of carbonyl (C=O) groups is 1. The molecule has 11 heavy (non-hydrogen) atoms. The first-order chi connectivity index (χ1) is 5.22. The third-order valence-corrected chi connectivity index (χ3v) is 1.43. The highest BCUT2D eigenvalue weighted by molar-refractivity contribution is 5.92. The molecule has 0 aliphatic rings. The van der Waals surface area contributed by atoms with Crippen LogP contribution in [0.2, 0.25) is 0 Å². The van der Waals surface area contributed by atoms with E-state index in [2.05, 4.69) is 11.9 Å². The first-order valence-electron chi connectivity index (χ1n) is 3.74. The van der Waals surface area contributed by atoms with Crippen LogP contribution in [0.1, 0.15) is 20.3 Å². The molecule has 0 fully saturated rings. The Balaban J connectivity index is 3.61. The van der Waals surface area contributed by atoms with Gasteiger partial charge in [0.15, 0.2) is 0 Å². The minimum Gasteiger partial charge on any atom is -0.352 e. The molecule has 1 amide bonds. The van der Waals surface area contributed by atoms with Gasteiger partial charge in [0.05, 0.1) is 0 Å². The standard InChI is InChI=1S/C9H15NO/c1-4-6-7-10-9(11)8(3)5-2/h4-5H,1,6-7H2,2-3H3,(H,10,11)/b8-5+. The van der Waals surface area contributed by atoms with E-state index in [1.807, 2.05) is 6.92 Å². The fraction of sp³-hybridized carbons (Fsp3) is 0.444. The Morgan fingerprint density at radius 2 is 2.27 bits per heavy atom.